The fourth-order valence-electron chi connectivity index (χ4n) is 2.34. The Bertz CT molecular complexity index is 553. The van der Waals surface area contributed by atoms with E-state index >= 15 is 0 Å². The Kier molecular flexibility index (Phi) is 5.47. The average molecular weight is 376 g/mol. The number of nitrogens with zero attached hydrogens (tertiary/aromatic N) is 1. The number of amides is 2. The largest absolute Gasteiger partial charge is 0.483 e. The zero-order valence-electron chi connectivity index (χ0n) is 11.4. The number of carbonyl (C=O) groups excluding carboxylic acids is 2. The second-order valence-corrected chi connectivity index (χ2v) is 6.16. The summed E-state index contributed by atoms with van der Waals surface area (Å²) in [6, 6.07) is 4.53. The predicted molar refractivity (Wildman–Crippen MR) is 83.2 cm³/mol. The Morgan fingerprint density at radius 2 is 2.19 bits per heavy atom. The van der Waals surface area contributed by atoms with Crippen LogP contribution in [0.4, 0.5) is 0 Å². The molecule has 2 N–H and O–H groups in total. The zero-order chi connectivity index (χ0) is 15.4. The van der Waals surface area contributed by atoms with Crippen LogP contribution in [0.5, 0.6) is 5.75 Å². The van der Waals surface area contributed by atoms with Crippen molar-refractivity contribution in [1.82, 2.24) is 4.90 Å². The minimum atomic E-state index is -0.525. The number of hydrogen-bond donors (Lipinski definition) is 1. The molecule has 0 radical (unpaired) electrons. The van der Waals surface area contributed by atoms with Crippen LogP contribution in [0.3, 0.4) is 0 Å². The van der Waals surface area contributed by atoms with E-state index in [-0.39, 0.29) is 12.5 Å². The predicted octanol–water partition coefficient (Wildman–Crippen LogP) is 2.35. The zero-order valence-corrected chi connectivity index (χ0v) is 13.7. The summed E-state index contributed by atoms with van der Waals surface area (Å²) in [5.41, 5.74) is 5.35. The molecule has 114 valence electrons. The molecule has 0 saturated carbocycles. The number of ether oxygens (including phenoxy) is 1. The normalized spacial score (nSPS) is 18.4. The second kappa shape index (κ2) is 7.13. The van der Waals surface area contributed by atoms with E-state index in [4.69, 9.17) is 22.1 Å². The van der Waals surface area contributed by atoms with E-state index in [0.29, 0.717) is 28.2 Å². The molecule has 1 aliphatic rings. The quantitative estimate of drug-likeness (QED) is 0.878. The van der Waals surface area contributed by atoms with Gasteiger partial charge >= 0.3 is 0 Å². The first-order chi connectivity index (χ1) is 9.99. The molecule has 2 amide bonds. The summed E-state index contributed by atoms with van der Waals surface area (Å²) in [4.78, 5) is 25.1. The molecule has 1 aromatic rings. The van der Waals surface area contributed by atoms with E-state index in [9.17, 15) is 9.59 Å². The van der Waals surface area contributed by atoms with Crippen molar-refractivity contribution in [3.63, 3.8) is 0 Å². The number of rotatable bonds is 4. The highest BCUT2D eigenvalue weighted by molar-refractivity contribution is 9.10. The Hall–Kier alpha value is -1.27. The third-order valence-electron chi connectivity index (χ3n) is 3.40. The molecule has 0 aliphatic carbocycles. The van der Waals surface area contributed by atoms with Crippen LogP contribution in [-0.2, 0) is 9.59 Å². The van der Waals surface area contributed by atoms with E-state index in [1.54, 1.807) is 18.2 Å². The van der Waals surface area contributed by atoms with Crippen LogP contribution in [0.15, 0.2) is 22.7 Å². The number of hydrogen-bond acceptors (Lipinski definition) is 3. The molecule has 1 aromatic carbocycles. The van der Waals surface area contributed by atoms with Gasteiger partial charge in [0.2, 0.25) is 5.91 Å². The molecule has 2 rings (SSSR count). The second-order valence-electron chi connectivity index (χ2n) is 4.86. The highest BCUT2D eigenvalue weighted by Gasteiger charge is 2.30. The van der Waals surface area contributed by atoms with Crippen LogP contribution in [0, 0.1) is 0 Å². The minimum Gasteiger partial charge on any atom is -0.483 e. The van der Waals surface area contributed by atoms with Crippen molar-refractivity contribution < 1.29 is 14.3 Å². The summed E-state index contributed by atoms with van der Waals surface area (Å²) in [5, 5.41) is 0.574. The van der Waals surface area contributed by atoms with Crippen molar-refractivity contribution in [2.24, 2.45) is 5.73 Å². The third-order valence-corrected chi connectivity index (χ3v) is 4.25. The molecule has 1 atom stereocenters. The first-order valence-corrected chi connectivity index (χ1v) is 7.83. The fraction of sp³-hybridized carbons (Fsp3) is 0.429. The van der Waals surface area contributed by atoms with Gasteiger partial charge in [-0.2, -0.15) is 0 Å². The number of nitrogens with two attached hydrogens (primary N) is 1. The molecule has 0 spiro atoms. The average Bonchev–Trinajstić information content (AvgIpc) is 2.46. The van der Waals surface area contributed by atoms with Crippen molar-refractivity contribution in [3.8, 4) is 5.75 Å². The van der Waals surface area contributed by atoms with Gasteiger partial charge in [0.05, 0.1) is 4.47 Å². The number of carbonyl (C=O) groups is 2. The van der Waals surface area contributed by atoms with Crippen molar-refractivity contribution >= 4 is 39.3 Å². The topological polar surface area (TPSA) is 72.6 Å². The number of halogens is 2. The molecule has 0 unspecified atom stereocenters. The molecule has 1 heterocycles. The van der Waals surface area contributed by atoms with Gasteiger partial charge in [-0.15, -0.1) is 0 Å². The van der Waals surface area contributed by atoms with Crippen molar-refractivity contribution in [3.05, 3.63) is 27.7 Å². The number of likely N-dealkylation sites (tertiary alicyclic amines) is 1. The Morgan fingerprint density at radius 3 is 2.86 bits per heavy atom. The van der Waals surface area contributed by atoms with Crippen LogP contribution in [0.2, 0.25) is 5.02 Å². The summed E-state index contributed by atoms with van der Waals surface area (Å²) in [7, 11) is 0. The first kappa shape index (κ1) is 16.1. The lowest BCUT2D eigenvalue weighted by molar-refractivity contribution is -0.142. The lowest BCUT2D eigenvalue weighted by Gasteiger charge is -2.33. The molecule has 1 aliphatic heterocycles. The van der Waals surface area contributed by atoms with Gasteiger partial charge in [-0.05, 0) is 53.4 Å². The molecule has 21 heavy (non-hydrogen) atoms. The van der Waals surface area contributed by atoms with E-state index < -0.39 is 11.9 Å². The van der Waals surface area contributed by atoms with E-state index in [0.717, 1.165) is 12.8 Å². The van der Waals surface area contributed by atoms with Crippen molar-refractivity contribution in [2.45, 2.75) is 25.3 Å². The number of benzene rings is 1. The minimum absolute atomic E-state index is 0.135. The van der Waals surface area contributed by atoms with Crippen molar-refractivity contribution in [1.29, 1.82) is 0 Å². The molecular formula is C14H16BrClN2O3. The number of primary amides is 1. The Morgan fingerprint density at radius 1 is 1.43 bits per heavy atom. The van der Waals surface area contributed by atoms with E-state index in [1.807, 2.05) is 0 Å². The van der Waals surface area contributed by atoms with Gasteiger partial charge in [0.25, 0.3) is 5.91 Å². The van der Waals surface area contributed by atoms with Crippen LogP contribution in [-0.4, -0.2) is 35.9 Å². The molecule has 5 nitrogen and oxygen atoms in total. The maximum absolute atomic E-state index is 12.2. The maximum Gasteiger partial charge on any atom is 0.261 e. The highest BCUT2D eigenvalue weighted by atomic mass is 79.9. The van der Waals surface area contributed by atoms with E-state index in [1.165, 1.54) is 4.90 Å². The summed E-state index contributed by atoms with van der Waals surface area (Å²) < 4.78 is 6.16. The van der Waals surface area contributed by atoms with E-state index in [2.05, 4.69) is 15.9 Å². The molecule has 7 heteroatoms. The molecular weight excluding hydrogens is 360 g/mol. The maximum atomic E-state index is 12.2. The van der Waals surface area contributed by atoms with Gasteiger partial charge in [0.1, 0.15) is 11.8 Å². The molecule has 1 fully saturated rings. The lowest BCUT2D eigenvalue weighted by Crippen LogP contribution is -2.51. The lowest BCUT2D eigenvalue weighted by atomic mass is 10.0. The van der Waals surface area contributed by atoms with Gasteiger partial charge < -0.3 is 15.4 Å². The first-order valence-electron chi connectivity index (χ1n) is 6.65. The van der Waals surface area contributed by atoms with Gasteiger partial charge in [-0.25, -0.2) is 0 Å². The standard InChI is InChI=1S/C14H16BrClN2O3/c15-10-7-9(16)4-5-12(10)21-8-13(19)18-6-2-1-3-11(18)14(17)20/h4-5,7,11H,1-3,6,8H2,(H2,17,20)/t11-/m1/s1. The number of piperidine rings is 1. The van der Waals surface area contributed by atoms with Crippen molar-refractivity contribution in [2.75, 3.05) is 13.2 Å². The molecule has 1 saturated heterocycles. The summed E-state index contributed by atoms with van der Waals surface area (Å²) in [6.45, 7) is 0.404. The van der Waals surface area contributed by atoms with Gasteiger partial charge in [0, 0.05) is 11.6 Å². The SMILES string of the molecule is NC(=O)[C@H]1CCCCN1C(=O)COc1ccc(Cl)cc1Br. The van der Waals surface area contributed by atoms with Gasteiger partial charge in [0.15, 0.2) is 6.61 Å². The summed E-state index contributed by atoms with van der Waals surface area (Å²) in [6.07, 6.45) is 2.40. The summed E-state index contributed by atoms with van der Waals surface area (Å²) >= 11 is 9.16. The molecule has 0 aromatic heterocycles. The van der Waals surface area contributed by atoms with Crippen LogP contribution in [0.1, 0.15) is 19.3 Å². The third kappa shape index (κ3) is 4.11. The highest BCUT2D eigenvalue weighted by Crippen LogP contribution is 2.28. The fourth-order valence-corrected chi connectivity index (χ4v) is 3.14. The van der Waals surface area contributed by atoms with Crippen LogP contribution < -0.4 is 10.5 Å². The Labute approximate surface area is 136 Å². The van der Waals surface area contributed by atoms with Crippen LogP contribution >= 0.6 is 27.5 Å². The summed E-state index contributed by atoms with van der Waals surface area (Å²) in [5.74, 6) is -0.170. The van der Waals surface area contributed by atoms with Gasteiger partial charge in [-0.1, -0.05) is 11.6 Å². The molecule has 0 bridgehead atoms. The Balaban J connectivity index is 1.98. The smallest absolute Gasteiger partial charge is 0.261 e. The van der Waals surface area contributed by atoms with Crippen LogP contribution in [0.25, 0.3) is 0 Å². The monoisotopic (exact) mass is 374 g/mol. The van der Waals surface area contributed by atoms with Gasteiger partial charge in [-0.3, -0.25) is 9.59 Å².